The Labute approximate surface area is 118 Å². The van der Waals surface area contributed by atoms with E-state index in [4.69, 9.17) is 11.6 Å². The molecule has 0 aliphatic carbocycles. The lowest BCUT2D eigenvalue weighted by Crippen LogP contribution is -2.07. The Hall–Kier alpha value is -1.66. The number of rotatable bonds is 5. The minimum absolute atomic E-state index is 0.141. The third kappa shape index (κ3) is 3.42. The second-order valence-corrected chi connectivity index (χ2v) is 5.04. The lowest BCUT2D eigenvalue weighted by Gasteiger charge is -2.07. The van der Waals surface area contributed by atoms with Gasteiger partial charge in [-0.25, -0.2) is 4.39 Å². The van der Waals surface area contributed by atoms with Gasteiger partial charge >= 0.3 is 0 Å². The van der Waals surface area contributed by atoms with E-state index in [1.54, 1.807) is 11.3 Å². The summed E-state index contributed by atoms with van der Waals surface area (Å²) in [5.41, 5.74) is 1.05. The molecule has 0 aliphatic rings. The maximum atomic E-state index is 13.3. The van der Waals surface area contributed by atoms with E-state index in [-0.39, 0.29) is 16.4 Å². The summed E-state index contributed by atoms with van der Waals surface area (Å²) in [5.74, 6) is -0.676. The fourth-order valence-corrected chi connectivity index (χ4v) is 2.47. The summed E-state index contributed by atoms with van der Waals surface area (Å²) < 4.78 is 13.3. The first-order chi connectivity index (χ1) is 9.08. The van der Waals surface area contributed by atoms with Gasteiger partial charge in [0.15, 0.2) is 0 Å². The number of nitro benzene ring substituents is 1. The zero-order valence-corrected chi connectivity index (χ0v) is 11.3. The van der Waals surface area contributed by atoms with E-state index in [1.807, 2.05) is 16.8 Å². The van der Waals surface area contributed by atoms with Crippen LogP contribution in [-0.2, 0) is 6.42 Å². The Morgan fingerprint density at radius 1 is 1.47 bits per heavy atom. The van der Waals surface area contributed by atoms with Crippen LogP contribution in [0.15, 0.2) is 29.0 Å². The Morgan fingerprint density at radius 2 is 2.26 bits per heavy atom. The van der Waals surface area contributed by atoms with Crippen molar-refractivity contribution in [3.8, 4) is 0 Å². The molecule has 2 rings (SSSR count). The SMILES string of the molecule is O=[N+]([O-])c1cc(Cl)c(F)cc1NCCc1ccsc1. The van der Waals surface area contributed by atoms with Crippen LogP contribution in [0.25, 0.3) is 0 Å². The summed E-state index contributed by atoms with van der Waals surface area (Å²) in [5, 5.41) is 17.4. The van der Waals surface area contributed by atoms with Crippen LogP contribution in [0.4, 0.5) is 15.8 Å². The Kier molecular flexibility index (Phi) is 4.34. The number of halogens is 2. The molecule has 7 heteroatoms. The molecule has 0 amide bonds. The van der Waals surface area contributed by atoms with Crippen LogP contribution in [0.1, 0.15) is 5.56 Å². The van der Waals surface area contributed by atoms with Crippen LogP contribution in [-0.4, -0.2) is 11.5 Å². The van der Waals surface area contributed by atoms with E-state index in [1.165, 1.54) is 0 Å². The molecule has 0 saturated heterocycles. The first-order valence-corrected chi connectivity index (χ1v) is 6.78. The lowest BCUT2D eigenvalue weighted by molar-refractivity contribution is -0.384. The summed E-state index contributed by atoms with van der Waals surface area (Å²) >= 11 is 7.12. The lowest BCUT2D eigenvalue weighted by atomic mass is 10.2. The van der Waals surface area contributed by atoms with Crippen molar-refractivity contribution in [2.75, 3.05) is 11.9 Å². The molecule has 1 aromatic carbocycles. The van der Waals surface area contributed by atoms with Gasteiger partial charge in [-0.05, 0) is 28.8 Å². The van der Waals surface area contributed by atoms with Gasteiger partial charge in [-0.3, -0.25) is 10.1 Å². The Bertz CT molecular complexity index is 590. The molecule has 0 aliphatic heterocycles. The smallest absolute Gasteiger partial charge is 0.294 e. The first-order valence-electron chi connectivity index (χ1n) is 5.46. The zero-order valence-electron chi connectivity index (χ0n) is 9.73. The average molecular weight is 301 g/mol. The normalized spacial score (nSPS) is 10.4. The third-order valence-electron chi connectivity index (χ3n) is 2.54. The predicted octanol–water partition coefficient (Wildman–Crippen LogP) is 4.10. The van der Waals surface area contributed by atoms with Crippen molar-refractivity contribution < 1.29 is 9.31 Å². The van der Waals surface area contributed by atoms with Crippen LogP contribution in [0.5, 0.6) is 0 Å². The molecule has 1 heterocycles. The van der Waals surface area contributed by atoms with Gasteiger partial charge < -0.3 is 5.32 Å². The summed E-state index contributed by atoms with van der Waals surface area (Å²) in [4.78, 5) is 10.3. The topological polar surface area (TPSA) is 55.2 Å². The quantitative estimate of drug-likeness (QED) is 0.668. The molecule has 0 radical (unpaired) electrons. The van der Waals surface area contributed by atoms with E-state index in [0.717, 1.165) is 17.7 Å². The third-order valence-corrected chi connectivity index (χ3v) is 3.57. The number of nitrogens with zero attached hydrogens (tertiary/aromatic N) is 1. The van der Waals surface area contributed by atoms with Crippen LogP contribution in [0.2, 0.25) is 5.02 Å². The monoisotopic (exact) mass is 300 g/mol. The molecule has 2 aromatic rings. The van der Waals surface area contributed by atoms with Gasteiger partial charge in [0.05, 0.1) is 9.95 Å². The van der Waals surface area contributed by atoms with Crippen molar-refractivity contribution in [3.63, 3.8) is 0 Å². The molecular formula is C12H10ClFN2O2S. The highest BCUT2D eigenvalue weighted by Crippen LogP contribution is 2.30. The second-order valence-electron chi connectivity index (χ2n) is 3.85. The minimum Gasteiger partial charge on any atom is -0.379 e. The van der Waals surface area contributed by atoms with Gasteiger partial charge in [0.1, 0.15) is 11.5 Å². The number of nitrogens with one attached hydrogen (secondary N) is 1. The molecule has 19 heavy (non-hydrogen) atoms. The van der Waals surface area contributed by atoms with Gasteiger partial charge in [0.25, 0.3) is 5.69 Å². The second kappa shape index (κ2) is 5.99. The summed E-state index contributed by atoms with van der Waals surface area (Å²) in [6.45, 7) is 0.485. The number of anilines is 1. The molecule has 0 fully saturated rings. The largest absolute Gasteiger partial charge is 0.379 e. The van der Waals surface area contributed by atoms with Gasteiger partial charge in [-0.2, -0.15) is 11.3 Å². The molecule has 100 valence electrons. The van der Waals surface area contributed by atoms with Gasteiger partial charge in [-0.15, -0.1) is 0 Å². The number of benzene rings is 1. The number of nitro groups is 1. The van der Waals surface area contributed by atoms with Crippen molar-refractivity contribution in [1.29, 1.82) is 0 Å². The molecule has 0 saturated carbocycles. The number of hydrogen-bond donors (Lipinski definition) is 1. The first kappa shape index (κ1) is 13.8. The standard InChI is InChI=1S/C12H10ClFN2O2S/c13-9-5-12(16(17)18)11(6-10(9)14)15-3-1-8-2-4-19-7-8/h2,4-7,15H,1,3H2. The van der Waals surface area contributed by atoms with Crippen molar-refractivity contribution >= 4 is 34.3 Å². The predicted molar refractivity (Wildman–Crippen MR) is 74.6 cm³/mol. The number of hydrogen-bond acceptors (Lipinski definition) is 4. The van der Waals surface area contributed by atoms with E-state index in [0.29, 0.717) is 13.0 Å². The Balaban J connectivity index is 2.10. The van der Waals surface area contributed by atoms with Crippen LogP contribution >= 0.6 is 22.9 Å². The average Bonchev–Trinajstić information content (AvgIpc) is 2.86. The van der Waals surface area contributed by atoms with Crippen molar-refractivity contribution in [2.45, 2.75) is 6.42 Å². The molecule has 1 N–H and O–H groups in total. The Morgan fingerprint density at radius 3 is 2.89 bits per heavy atom. The summed E-state index contributed by atoms with van der Waals surface area (Å²) in [6, 6.07) is 4.04. The van der Waals surface area contributed by atoms with E-state index in [2.05, 4.69) is 5.32 Å². The molecule has 1 aromatic heterocycles. The molecular weight excluding hydrogens is 291 g/mol. The van der Waals surface area contributed by atoms with E-state index < -0.39 is 10.7 Å². The maximum Gasteiger partial charge on any atom is 0.294 e. The highest BCUT2D eigenvalue weighted by Gasteiger charge is 2.17. The van der Waals surface area contributed by atoms with Gasteiger partial charge in [0.2, 0.25) is 0 Å². The molecule has 0 bridgehead atoms. The van der Waals surface area contributed by atoms with Crippen molar-refractivity contribution in [3.05, 3.63) is 55.5 Å². The molecule has 0 atom stereocenters. The maximum absolute atomic E-state index is 13.3. The van der Waals surface area contributed by atoms with E-state index in [9.17, 15) is 14.5 Å². The molecule has 4 nitrogen and oxygen atoms in total. The highest BCUT2D eigenvalue weighted by atomic mass is 35.5. The summed E-state index contributed by atoms with van der Waals surface area (Å²) in [7, 11) is 0. The molecule has 0 spiro atoms. The van der Waals surface area contributed by atoms with Gasteiger partial charge in [0, 0.05) is 18.7 Å². The fraction of sp³-hybridized carbons (Fsp3) is 0.167. The fourth-order valence-electron chi connectivity index (χ4n) is 1.61. The minimum atomic E-state index is -0.676. The van der Waals surface area contributed by atoms with Gasteiger partial charge in [-0.1, -0.05) is 11.6 Å². The van der Waals surface area contributed by atoms with Crippen LogP contribution < -0.4 is 5.32 Å². The zero-order chi connectivity index (χ0) is 13.8. The van der Waals surface area contributed by atoms with Crippen LogP contribution in [0, 0.1) is 15.9 Å². The van der Waals surface area contributed by atoms with E-state index >= 15 is 0 Å². The molecule has 0 unspecified atom stereocenters. The van der Waals surface area contributed by atoms with Crippen LogP contribution in [0.3, 0.4) is 0 Å². The summed E-state index contributed by atoms with van der Waals surface area (Å²) in [6.07, 6.45) is 0.713. The van der Waals surface area contributed by atoms with Crippen molar-refractivity contribution in [2.24, 2.45) is 0 Å². The number of thiophene rings is 1. The van der Waals surface area contributed by atoms with Crippen molar-refractivity contribution in [1.82, 2.24) is 0 Å². The highest BCUT2D eigenvalue weighted by molar-refractivity contribution is 7.07.